The summed E-state index contributed by atoms with van der Waals surface area (Å²) in [6.07, 6.45) is 0. The second kappa shape index (κ2) is 5.75. The van der Waals surface area contributed by atoms with Crippen LogP contribution in [0.4, 0.5) is 14.5 Å². The maximum absolute atomic E-state index is 13.8. The number of benzene rings is 2. The highest BCUT2D eigenvalue weighted by atomic mass is 32.1. The Kier molecular flexibility index (Phi) is 4.06. The van der Waals surface area contributed by atoms with Gasteiger partial charge in [-0.05, 0) is 17.7 Å². The topological polar surface area (TPSA) is 38.0 Å². The molecule has 5 heteroatoms. The van der Waals surface area contributed by atoms with Crippen molar-refractivity contribution in [3.8, 4) is 0 Å². The fourth-order valence-corrected chi connectivity index (χ4v) is 1.83. The Hall–Kier alpha value is -2.01. The summed E-state index contributed by atoms with van der Waals surface area (Å²) in [5.41, 5.74) is 6.28. The van der Waals surface area contributed by atoms with E-state index in [1.54, 1.807) is 0 Å². The Morgan fingerprint density at radius 3 is 2.37 bits per heavy atom. The zero-order valence-electron chi connectivity index (χ0n) is 9.99. The van der Waals surface area contributed by atoms with E-state index in [2.05, 4.69) is 17.5 Å². The summed E-state index contributed by atoms with van der Waals surface area (Å²) in [5, 5.41) is 2.84. The SMILES string of the molecule is NC(=S)c1ccc(NCc2ccccc2)c(F)c1F. The molecule has 0 saturated carbocycles. The summed E-state index contributed by atoms with van der Waals surface area (Å²) in [6, 6.07) is 12.2. The molecule has 0 bridgehead atoms. The van der Waals surface area contributed by atoms with Gasteiger partial charge in [0.15, 0.2) is 11.6 Å². The largest absolute Gasteiger partial charge is 0.389 e. The molecule has 0 aliphatic heterocycles. The maximum Gasteiger partial charge on any atom is 0.182 e. The quantitative estimate of drug-likeness (QED) is 0.843. The number of nitrogens with one attached hydrogen (secondary N) is 1. The zero-order valence-corrected chi connectivity index (χ0v) is 10.8. The standard InChI is InChI=1S/C14H12F2N2S/c15-12-10(14(17)19)6-7-11(13(12)16)18-8-9-4-2-1-3-5-9/h1-7,18H,8H2,(H2,17,19). The van der Waals surface area contributed by atoms with Crippen molar-refractivity contribution in [2.24, 2.45) is 5.73 Å². The van der Waals surface area contributed by atoms with Crippen LogP contribution < -0.4 is 11.1 Å². The van der Waals surface area contributed by atoms with Crippen LogP contribution in [0.5, 0.6) is 0 Å². The molecule has 0 heterocycles. The lowest BCUT2D eigenvalue weighted by molar-refractivity contribution is 0.509. The predicted octanol–water partition coefficient (Wildman–Crippen LogP) is 3.21. The number of rotatable bonds is 4. The van der Waals surface area contributed by atoms with Crippen molar-refractivity contribution in [2.75, 3.05) is 5.32 Å². The van der Waals surface area contributed by atoms with Crippen LogP contribution in [0.3, 0.4) is 0 Å². The van der Waals surface area contributed by atoms with E-state index in [-0.39, 0.29) is 16.2 Å². The van der Waals surface area contributed by atoms with Crippen LogP contribution >= 0.6 is 12.2 Å². The van der Waals surface area contributed by atoms with Crippen LogP contribution in [-0.4, -0.2) is 4.99 Å². The molecule has 0 fully saturated rings. The van der Waals surface area contributed by atoms with Crippen LogP contribution in [-0.2, 0) is 6.54 Å². The first-order valence-electron chi connectivity index (χ1n) is 5.65. The third kappa shape index (κ3) is 3.06. The van der Waals surface area contributed by atoms with Gasteiger partial charge in [-0.1, -0.05) is 42.5 Å². The van der Waals surface area contributed by atoms with Gasteiger partial charge in [0, 0.05) is 12.1 Å². The van der Waals surface area contributed by atoms with E-state index in [1.165, 1.54) is 12.1 Å². The summed E-state index contributed by atoms with van der Waals surface area (Å²) >= 11 is 4.64. The van der Waals surface area contributed by atoms with E-state index < -0.39 is 11.6 Å². The van der Waals surface area contributed by atoms with Gasteiger partial charge >= 0.3 is 0 Å². The van der Waals surface area contributed by atoms with Crippen molar-refractivity contribution in [1.29, 1.82) is 0 Å². The number of thiocarbonyl (C=S) groups is 1. The predicted molar refractivity (Wildman–Crippen MR) is 76.0 cm³/mol. The lowest BCUT2D eigenvalue weighted by Gasteiger charge is -2.10. The molecule has 0 aromatic heterocycles. The van der Waals surface area contributed by atoms with Gasteiger partial charge in [0.1, 0.15) is 4.99 Å². The smallest absolute Gasteiger partial charge is 0.182 e. The average Bonchev–Trinajstić information content (AvgIpc) is 2.41. The maximum atomic E-state index is 13.8. The third-order valence-corrected chi connectivity index (χ3v) is 2.89. The second-order valence-corrected chi connectivity index (χ2v) is 4.43. The van der Waals surface area contributed by atoms with E-state index in [0.29, 0.717) is 6.54 Å². The molecule has 2 aromatic carbocycles. The number of hydrogen-bond acceptors (Lipinski definition) is 2. The van der Waals surface area contributed by atoms with Gasteiger partial charge in [0.25, 0.3) is 0 Å². The van der Waals surface area contributed by atoms with Gasteiger partial charge in [0.2, 0.25) is 0 Å². The average molecular weight is 278 g/mol. The molecular weight excluding hydrogens is 266 g/mol. The van der Waals surface area contributed by atoms with Gasteiger partial charge in [-0.15, -0.1) is 0 Å². The van der Waals surface area contributed by atoms with Crippen molar-refractivity contribution in [3.63, 3.8) is 0 Å². The van der Waals surface area contributed by atoms with Gasteiger partial charge < -0.3 is 11.1 Å². The van der Waals surface area contributed by atoms with E-state index in [9.17, 15) is 8.78 Å². The van der Waals surface area contributed by atoms with Crippen LogP contribution in [0.15, 0.2) is 42.5 Å². The van der Waals surface area contributed by atoms with E-state index in [4.69, 9.17) is 5.73 Å². The fraction of sp³-hybridized carbons (Fsp3) is 0.0714. The summed E-state index contributed by atoms with van der Waals surface area (Å²) in [6.45, 7) is 0.406. The molecular formula is C14H12F2N2S. The van der Waals surface area contributed by atoms with Gasteiger partial charge in [-0.2, -0.15) is 0 Å². The van der Waals surface area contributed by atoms with Crippen LogP contribution in [0.25, 0.3) is 0 Å². The Morgan fingerprint density at radius 2 is 1.74 bits per heavy atom. The van der Waals surface area contributed by atoms with Gasteiger partial charge in [0.05, 0.1) is 5.69 Å². The highest BCUT2D eigenvalue weighted by Crippen LogP contribution is 2.21. The first-order valence-corrected chi connectivity index (χ1v) is 6.06. The number of anilines is 1. The molecule has 2 aromatic rings. The summed E-state index contributed by atoms with van der Waals surface area (Å²) in [5.74, 6) is -1.99. The van der Waals surface area contributed by atoms with Gasteiger partial charge in [-0.25, -0.2) is 8.78 Å². The molecule has 19 heavy (non-hydrogen) atoms. The molecule has 0 saturated heterocycles. The number of halogens is 2. The summed E-state index contributed by atoms with van der Waals surface area (Å²) < 4.78 is 27.4. The van der Waals surface area contributed by atoms with E-state index >= 15 is 0 Å². The monoisotopic (exact) mass is 278 g/mol. The van der Waals surface area contributed by atoms with Crippen LogP contribution in [0.2, 0.25) is 0 Å². The fourth-order valence-electron chi connectivity index (χ4n) is 1.67. The van der Waals surface area contributed by atoms with E-state index in [0.717, 1.165) is 5.56 Å². The molecule has 0 aliphatic rings. The molecule has 2 nitrogen and oxygen atoms in total. The lowest BCUT2D eigenvalue weighted by atomic mass is 10.1. The Bertz CT molecular complexity index is 600. The Morgan fingerprint density at radius 1 is 1.05 bits per heavy atom. The molecule has 2 rings (SSSR count). The third-order valence-electron chi connectivity index (χ3n) is 2.67. The molecule has 0 unspecified atom stereocenters. The minimum absolute atomic E-state index is 0.0846. The lowest BCUT2D eigenvalue weighted by Crippen LogP contribution is -2.13. The van der Waals surface area contributed by atoms with Crippen molar-refractivity contribution < 1.29 is 8.78 Å². The molecule has 98 valence electrons. The van der Waals surface area contributed by atoms with Crippen molar-refractivity contribution in [3.05, 3.63) is 65.2 Å². The molecule has 3 N–H and O–H groups in total. The highest BCUT2D eigenvalue weighted by Gasteiger charge is 2.14. The zero-order chi connectivity index (χ0) is 13.8. The molecule has 0 aliphatic carbocycles. The minimum atomic E-state index is -1.02. The first-order chi connectivity index (χ1) is 9.09. The van der Waals surface area contributed by atoms with E-state index in [1.807, 2.05) is 30.3 Å². The van der Waals surface area contributed by atoms with Crippen LogP contribution in [0, 0.1) is 11.6 Å². The molecule has 0 spiro atoms. The molecule has 0 amide bonds. The van der Waals surface area contributed by atoms with Crippen LogP contribution in [0.1, 0.15) is 11.1 Å². The second-order valence-electron chi connectivity index (χ2n) is 3.99. The van der Waals surface area contributed by atoms with Crippen molar-refractivity contribution in [2.45, 2.75) is 6.54 Å². The molecule has 0 atom stereocenters. The molecule has 0 radical (unpaired) electrons. The number of nitrogens with two attached hydrogens (primary N) is 1. The first kappa shape index (κ1) is 13.4. The van der Waals surface area contributed by atoms with Crippen molar-refractivity contribution >= 4 is 22.9 Å². The summed E-state index contributed by atoms with van der Waals surface area (Å²) in [4.78, 5) is -0.161. The van der Waals surface area contributed by atoms with Gasteiger partial charge in [-0.3, -0.25) is 0 Å². The minimum Gasteiger partial charge on any atom is -0.389 e. The number of hydrogen-bond donors (Lipinski definition) is 2. The van der Waals surface area contributed by atoms with Crippen molar-refractivity contribution in [1.82, 2.24) is 0 Å². The summed E-state index contributed by atoms with van der Waals surface area (Å²) in [7, 11) is 0. The normalized spacial score (nSPS) is 10.2. The Labute approximate surface area is 115 Å². The Balaban J connectivity index is 2.18. The highest BCUT2D eigenvalue weighted by molar-refractivity contribution is 7.80.